The molecule has 0 spiro atoms. The van der Waals surface area contributed by atoms with E-state index < -0.39 is 0 Å². The van der Waals surface area contributed by atoms with Gasteiger partial charge < -0.3 is 15.5 Å². The maximum atomic E-state index is 5.99. The largest absolute Gasteiger partial charge is 0.367 e. The molecule has 0 amide bonds. The molecule has 3 rings (SSSR count). The van der Waals surface area contributed by atoms with Gasteiger partial charge in [-0.25, -0.2) is 9.97 Å². The lowest BCUT2D eigenvalue weighted by Crippen LogP contribution is -2.36. The molecule has 0 aliphatic carbocycles. The van der Waals surface area contributed by atoms with Crippen LogP contribution in [0.1, 0.15) is 12.8 Å². The number of likely N-dealkylation sites (tertiary alicyclic amines) is 1. The number of halogens is 1. The number of hydrogen-bond donors (Lipinski definition) is 2. The Balaban J connectivity index is 1.65. The molecule has 1 aliphatic heterocycles. The number of nitrogens with one attached hydrogen (secondary N) is 2. The van der Waals surface area contributed by atoms with E-state index in [9.17, 15) is 0 Å². The van der Waals surface area contributed by atoms with Crippen molar-refractivity contribution < 1.29 is 0 Å². The van der Waals surface area contributed by atoms with Gasteiger partial charge in [0.25, 0.3) is 0 Å². The molecule has 1 aromatic heterocycles. The van der Waals surface area contributed by atoms with Crippen LogP contribution in [0.15, 0.2) is 36.7 Å². The molecule has 1 saturated heterocycles. The lowest BCUT2D eigenvalue weighted by Gasteiger charge is -2.29. The predicted molar refractivity (Wildman–Crippen MR) is 90.9 cm³/mol. The third-order valence-electron chi connectivity index (χ3n) is 3.83. The molecule has 0 atom stereocenters. The van der Waals surface area contributed by atoms with E-state index in [1.165, 1.54) is 0 Å². The number of benzene rings is 1. The maximum absolute atomic E-state index is 5.99. The number of aromatic nitrogens is 2. The summed E-state index contributed by atoms with van der Waals surface area (Å²) in [6.07, 6.45) is 3.85. The van der Waals surface area contributed by atoms with Crippen LogP contribution in [-0.4, -0.2) is 41.0 Å². The van der Waals surface area contributed by atoms with E-state index in [2.05, 4.69) is 32.5 Å². The zero-order valence-corrected chi connectivity index (χ0v) is 13.3. The topological polar surface area (TPSA) is 53.1 Å². The van der Waals surface area contributed by atoms with Crippen molar-refractivity contribution in [3.8, 4) is 0 Å². The highest BCUT2D eigenvalue weighted by Gasteiger charge is 2.16. The lowest BCUT2D eigenvalue weighted by atomic mass is 10.1. The predicted octanol–water partition coefficient (Wildman–Crippen LogP) is 3.38. The van der Waals surface area contributed by atoms with Crippen LogP contribution in [0.3, 0.4) is 0 Å². The first-order chi connectivity index (χ1) is 10.7. The Morgan fingerprint density at radius 2 is 1.91 bits per heavy atom. The lowest BCUT2D eigenvalue weighted by molar-refractivity contribution is 0.263. The number of anilines is 3. The van der Waals surface area contributed by atoms with Crippen LogP contribution in [-0.2, 0) is 0 Å². The van der Waals surface area contributed by atoms with Crippen LogP contribution >= 0.6 is 11.6 Å². The number of nitrogens with zero attached hydrogens (tertiary/aromatic N) is 3. The second-order valence-corrected chi connectivity index (χ2v) is 6.08. The second-order valence-electron chi connectivity index (χ2n) is 5.65. The summed E-state index contributed by atoms with van der Waals surface area (Å²) in [5, 5.41) is 7.44. The van der Waals surface area contributed by atoms with E-state index >= 15 is 0 Å². The average molecular weight is 318 g/mol. The van der Waals surface area contributed by atoms with Crippen LogP contribution in [0.25, 0.3) is 0 Å². The van der Waals surface area contributed by atoms with Crippen molar-refractivity contribution >= 4 is 28.9 Å². The summed E-state index contributed by atoms with van der Waals surface area (Å²) in [4.78, 5) is 10.9. The van der Waals surface area contributed by atoms with Crippen LogP contribution in [0.4, 0.5) is 17.3 Å². The summed E-state index contributed by atoms with van der Waals surface area (Å²) in [5.74, 6) is 1.61. The van der Waals surface area contributed by atoms with Crippen molar-refractivity contribution in [1.29, 1.82) is 0 Å². The van der Waals surface area contributed by atoms with Gasteiger partial charge in [0.15, 0.2) is 0 Å². The van der Waals surface area contributed by atoms with Crippen molar-refractivity contribution in [3.05, 3.63) is 41.7 Å². The van der Waals surface area contributed by atoms with E-state index in [0.29, 0.717) is 11.1 Å². The van der Waals surface area contributed by atoms with Gasteiger partial charge in [0.1, 0.15) is 18.0 Å². The van der Waals surface area contributed by atoms with Gasteiger partial charge in [0.2, 0.25) is 0 Å². The highest BCUT2D eigenvalue weighted by Crippen LogP contribution is 2.21. The summed E-state index contributed by atoms with van der Waals surface area (Å²) in [7, 11) is 2.16. The summed E-state index contributed by atoms with van der Waals surface area (Å²) in [5.41, 5.74) is 0.913. The molecule has 6 heteroatoms. The van der Waals surface area contributed by atoms with Crippen molar-refractivity contribution in [2.45, 2.75) is 18.9 Å². The van der Waals surface area contributed by atoms with Gasteiger partial charge in [-0.3, -0.25) is 0 Å². The summed E-state index contributed by atoms with van der Waals surface area (Å²) in [6, 6.07) is 9.99. The molecule has 0 bridgehead atoms. The van der Waals surface area contributed by atoms with Crippen molar-refractivity contribution in [3.63, 3.8) is 0 Å². The Hall–Kier alpha value is -1.85. The summed E-state index contributed by atoms with van der Waals surface area (Å²) < 4.78 is 0. The number of hydrogen-bond acceptors (Lipinski definition) is 5. The smallest absolute Gasteiger partial charge is 0.135 e. The number of rotatable bonds is 4. The third kappa shape index (κ3) is 4.08. The highest BCUT2D eigenvalue weighted by atomic mass is 35.5. The molecule has 0 unspecified atom stereocenters. The first-order valence-corrected chi connectivity index (χ1v) is 7.86. The van der Waals surface area contributed by atoms with Gasteiger partial charge in [-0.1, -0.05) is 17.7 Å². The van der Waals surface area contributed by atoms with Crippen molar-refractivity contribution in [2.75, 3.05) is 30.8 Å². The molecule has 0 saturated carbocycles. The molecule has 1 fully saturated rings. The molecule has 5 nitrogen and oxygen atoms in total. The SMILES string of the molecule is CN1CCC(Nc2cc(Nc3cccc(Cl)c3)ncn2)CC1. The summed E-state index contributed by atoms with van der Waals surface area (Å²) >= 11 is 5.99. The van der Waals surface area contributed by atoms with Gasteiger partial charge in [-0.05, 0) is 51.2 Å². The van der Waals surface area contributed by atoms with Crippen LogP contribution in [0, 0.1) is 0 Å². The molecule has 2 N–H and O–H groups in total. The average Bonchev–Trinajstić information content (AvgIpc) is 2.50. The Labute approximate surface area is 135 Å². The van der Waals surface area contributed by atoms with Crippen LogP contribution in [0.2, 0.25) is 5.02 Å². The molecule has 22 heavy (non-hydrogen) atoms. The van der Waals surface area contributed by atoms with Gasteiger partial charge in [0.05, 0.1) is 0 Å². The quantitative estimate of drug-likeness (QED) is 0.905. The van der Waals surface area contributed by atoms with Gasteiger partial charge in [0, 0.05) is 22.8 Å². The summed E-state index contributed by atoms with van der Waals surface area (Å²) in [6.45, 7) is 2.24. The Morgan fingerprint density at radius 3 is 2.68 bits per heavy atom. The first kappa shape index (κ1) is 15.1. The first-order valence-electron chi connectivity index (χ1n) is 7.49. The fourth-order valence-electron chi connectivity index (χ4n) is 2.58. The zero-order chi connectivity index (χ0) is 15.4. The fraction of sp³-hybridized carbons (Fsp3) is 0.375. The fourth-order valence-corrected chi connectivity index (χ4v) is 2.77. The third-order valence-corrected chi connectivity index (χ3v) is 4.07. The molecule has 1 aromatic carbocycles. The Bertz CT molecular complexity index is 625. The zero-order valence-electron chi connectivity index (χ0n) is 12.6. The second kappa shape index (κ2) is 6.94. The van der Waals surface area contributed by atoms with Crippen LogP contribution < -0.4 is 10.6 Å². The van der Waals surface area contributed by atoms with E-state index in [1.54, 1.807) is 6.33 Å². The number of piperidine rings is 1. The normalized spacial score (nSPS) is 16.5. The van der Waals surface area contributed by atoms with Gasteiger partial charge >= 0.3 is 0 Å². The Morgan fingerprint density at radius 1 is 1.14 bits per heavy atom. The maximum Gasteiger partial charge on any atom is 0.135 e. The molecule has 2 aromatic rings. The monoisotopic (exact) mass is 317 g/mol. The molecule has 116 valence electrons. The minimum atomic E-state index is 0.477. The highest BCUT2D eigenvalue weighted by molar-refractivity contribution is 6.30. The van der Waals surface area contributed by atoms with E-state index in [1.807, 2.05) is 30.3 Å². The van der Waals surface area contributed by atoms with Gasteiger partial charge in [-0.15, -0.1) is 0 Å². The minimum Gasteiger partial charge on any atom is -0.367 e. The van der Waals surface area contributed by atoms with E-state index in [0.717, 1.165) is 43.3 Å². The van der Waals surface area contributed by atoms with Crippen molar-refractivity contribution in [2.24, 2.45) is 0 Å². The van der Waals surface area contributed by atoms with Crippen LogP contribution in [0.5, 0.6) is 0 Å². The van der Waals surface area contributed by atoms with E-state index in [-0.39, 0.29) is 0 Å². The molecule has 1 aliphatic rings. The Kier molecular flexibility index (Phi) is 4.75. The molecular formula is C16H20ClN5. The molecule has 2 heterocycles. The van der Waals surface area contributed by atoms with Gasteiger partial charge in [-0.2, -0.15) is 0 Å². The van der Waals surface area contributed by atoms with Crippen molar-refractivity contribution in [1.82, 2.24) is 14.9 Å². The van der Waals surface area contributed by atoms with E-state index in [4.69, 9.17) is 11.6 Å². The molecule has 0 radical (unpaired) electrons. The molecular weight excluding hydrogens is 298 g/mol. The minimum absolute atomic E-state index is 0.477. The standard InChI is InChI=1S/C16H20ClN5/c1-22-7-5-13(6-8-22)20-15-10-16(19-11-18-15)21-14-4-2-3-12(17)9-14/h2-4,9-11,13H,5-8H2,1H3,(H2,18,19,20,21).